The fourth-order valence-corrected chi connectivity index (χ4v) is 4.88. The normalized spacial score (nSPS) is 13.0. The fraction of sp³-hybridized carbons (Fsp3) is 0.400. The zero-order chi connectivity index (χ0) is 31.9. The van der Waals surface area contributed by atoms with Crippen molar-refractivity contribution in [1.82, 2.24) is 15.5 Å². The summed E-state index contributed by atoms with van der Waals surface area (Å²) in [6.07, 6.45) is -0.619. The van der Waals surface area contributed by atoms with Crippen molar-refractivity contribution in [3.05, 3.63) is 101 Å². The van der Waals surface area contributed by atoms with E-state index in [2.05, 4.69) is 10.6 Å². The van der Waals surface area contributed by atoms with E-state index in [1.54, 1.807) is 37.8 Å². The van der Waals surface area contributed by atoms with Crippen LogP contribution in [-0.4, -0.2) is 45.1 Å². The van der Waals surface area contributed by atoms with Crippen molar-refractivity contribution in [1.29, 1.82) is 0 Å². The molecule has 0 aliphatic rings. The predicted molar refractivity (Wildman–Crippen MR) is 169 cm³/mol. The summed E-state index contributed by atoms with van der Waals surface area (Å²) in [7, 11) is 0. The van der Waals surface area contributed by atoms with E-state index in [1.165, 1.54) is 12.1 Å². The molecule has 0 aliphatic heterocycles. The Balaban J connectivity index is 2.10. The summed E-state index contributed by atoms with van der Waals surface area (Å²) in [5, 5.41) is 15.6. The molecule has 0 saturated carbocycles. The van der Waals surface area contributed by atoms with Gasteiger partial charge in [0.15, 0.2) is 0 Å². The highest BCUT2D eigenvalue weighted by Crippen LogP contribution is 2.33. The molecule has 3 aromatic rings. The molecule has 3 aromatic carbocycles. The molecular formula is C35H45N3O5. The van der Waals surface area contributed by atoms with Crippen LogP contribution in [0.1, 0.15) is 75.4 Å². The molecule has 8 nitrogen and oxygen atoms in total. The van der Waals surface area contributed by atoms with Gasteiger partial charge in [0.2, 0.25) is 11.8 Å². The van der Waals surface area contributed by atoms with E-state index in [1.807, 2.05) is 83.1 Å². The largest absolute Gasteiger partial charge is 0.508 e. The van der Waals surface area contributed by atoms with Crippen LogP contribution in [0.3, 0.4) is 0 Å². The van der Waals surface area contributed by atoms with E-state index in [0.29, 0.717) is 12.1 Å². The Morgan fingerprint density at radius 2 is 1.47 bits per heavy atom. The van der Waals surface area contributed by atoms with Crippen molar-refractivity contribution < 1.29 is 24.2 Å². The first-order valence-corrected chi connectivity index (χ1v) is 14.5. The first-order chi connectivity index (χ1) is 20.1. The van der Waals surface area contributed by atoms with Gasteiger partial charge in [0.05, 0.1) is 0 Å². The molecule has 0 heterocycles. The predicted octanol–water partition coefficient (Wildman–Crippen LogP) is 6.13. The van der Waals surface area contributed by atoms with Gasteiger partial charge in [-0.1, -0.05) is 60.7 Å². The van der Waals surface area contributed by atoms with Crippen molar-refractivity contribution in [2.24, 2.45) is 0 Å². The third kappa shape index (κ3) is 9.33. The third-order valence-electron chi connectivity index (χ3n) is 7.08. The maximum Gasteiger partial charge on any atom is 0.408 e. The van der Waals surface area contributed by atoms with Crippen LogP contribution in [0.2, 0.25) is 0 Å². The van der Waals surface area contributed by atoms with Crippen molar-refractivity contribution in [3.8, 4) is 5.75 Å². The van der Waals surface area contributed by atoms with Gasteiger partial charge in [0.25, 0.3) is 0 Å². The van der Waals surface area contributed by atoms with Crippen LogP contribution in [-0.2, 0) is 27.3 Å². The molecule has 0 aliphatic carbocycles. The SMILES string of the molecule is Cc1cccc(C(C(=O)NCc2ccccc2)N(C(=O)C(Cc2ccc(O)cc2)NC(=O)OC(C)(C)C)C(C)(C)C)c1C. The number of carbonyl (C=O) groups excluding carboxylic acids is 3. The Morgan fingerprint density at radius 1 is 0.837 bits per heavy atom. The number of alkyl carbamates (subject to hydrolysis) is 1. The minimum absolute atomic E-state index is 0.0909. The van der Waals surface area contributed by atoms with Crippen LogP contribution < -0.4 is 10.6 Å². The summed E-state index contributed by atoms with van der Waals surface area (Å²) >= 11 is 0. The van der Waals surface area contributed by atoms with Gasteiger partial charge in [-0.05, 0) is 95.3 Å². The lowest BCUT2D eigenvalue weighted by Gasteiger charge is -2.43. The molecule has 0 spiro atoms. The average Bonchev–Trinajstić information content (AvgIpc) is 2.91. The number of hydrogen-bond acceptors (Lipinski definition) is 5. The number of carbonyl (C=O) groups is 3. The van der Waals surface area contributed by atoms with E-state index < -0.39 is 35.2 Å². The van der Waals surface area contributed by atoms with Crippen molar-refractivity contribution in [2.75, 3.05) is 0 Å². The Morgan fingerprint density at radius 3 is 2.05 bits per heavy atom. The number of nitrogens with zero attached hydrogens (tertiary/aromatic N) is 1. The summed E-state index contributed by atoms with van der Waals surface area (Å²) in [5.41, 5.74) is 2.64. The fourth-order valence-electron chi connectivity index (χ4n) is 4.88. The van der Waals surface area contributed by atoms with Crippen molar-refractivity contribution >= 4 is 17.9 Å². The van der Waals surface area contributed by atoms with Gasteiger partial charge in [-0.3, -0.25) is 9.59 Å². The van der Waals surface area contributed by atoms with Crippen LogP contribution in [0.5, 0.6) is 5.75 Å². The van der Waals surface area contributed by atoms with Gasteiger partial charge in [-0.15, -0.1) is 0 Å². The number of aryl methyl sites for hydroxylation is 1. The summed E-state index contributed by atoms with van der Waals surface area (Å²) in [5.74, 6) is -0.679. The molecule has 0 fully saturated rings. The average molecular weight is 588 g/mol. The van der Waals surface area contributed by atoms with E-state index in [-0.39, 0.29) is 18.1 Å². The van der Waals surface area contributed by atoms with E-state index in [4.69, 9.17) is 4.74 Å². The zero-order valence-electron chi connectivity index (χ0n) is 26.5. The molecule has 3 rings (SSSR count). The lowest BCUT2D eigenvalue weighted by Crippen LogP contribution is -2.59. The summed E-state index contributed by atoms with van der Waals surface area (Å²) in [6.45, 7) is 15.1. The van der Waals surface area contributed by atoms with Crippen molar-refractivity contribution in [2.45, 2.75) is 91.6 Å². The van der Waals surface area contributed by atoms with Crippen LogP contribution in [0, 0.1) is 13.8 Å². The molecule has 8 heteroatoms. The Bertz CT molecular complexity index is 1410. The first kappa shape index (κ1) is 33.2. The molecule has 3 N–H and O–H groups in total. The number of ether oxygens (including phenoxy) is 1. The maximum atomic E-state index is 14.7. The van der Waals surface area contributed by atoms with Crippen LogP contribution in [0.4, 0.5) is 4.79 Å². The lowest BCUT2D eigenvalue weighted by atomic mass is 9.90. The Kier molecular flexibility index (Phi) is 10.6. The standard InChI is InChI=1S/C35H45N3O5/c1-23-13-12-16-28(24(23)2)30(31(40)36-22-26-14-10-9-11-15-26)38(34(3,4)5)32(41)29(37-33(42)43-35(6,7)8)21-25-17-19-27(39)20-18-25/h9-20,29-30,39H,21-22H2,1-8H3,(H,36,40)(H,37,42). The molecule has 0 bridgehead atoms. The molecule has 2 atom stereocenters. The second kappa shape index (κ2) is 13.8. The second-order valence-corrected chi connectivity index (χ2v) is 12.8. The number of rotatable bonds is 9. The van der Waals surface area contributed by atoms with Gasteiger partial charge in [-0.2, -0.15) is 0 Å². The van der Waals surface area contributed by atoms with Crippen LogP contribution in [0.25, 0.3) is 0 Å². The topological polar surface area (TPSA) is 108 Å². The highest BCUT2D eigenvalue weighted by atomic mass is 16.6. The van der Waals surface area contributed by atoms with Gasteiger partial charge in [0, 0.05) is 18.5 Å². The maximum absolute atomic E-state index is 14.7. The number of nitrogens with one attached hydrogen (secondary N) is 2. The minimum Gasteiger partial charge on any atom is -0.508 e. The molecule has 0 aromatic heterocycles. The van der Waals surface area contributed by atoms with E-state index in [9.17, 15) is 19.5 Å². The number of benzene rings is 3. The summed E-state index contributed by atoms with van der Waals surface area (Å²) in [6, 6.07) is 19.7. The second-order valence-electron chi connectivity index (χ2n) is 12.8. The zero-order valence-corrected chi connectivity index (χ0v) is 26.5. The Hall–Kier alpha value is -4.33. The quantitative estimate of drug-likeness (QED) is 0.279. The first-order valence-electron chi connectivity index (χ1n) is 14.5. The molecule has 3 amide bonds. The van der Waals surface area contributed by atoms with Crippen molar-refractivity contribution in [3.63, 3.8) is 0 Å². The number of hydrogen-bond donors (Lipinski definition) is 3. The van der Waals surface area contributed by atoms with Gasteiger partial charge in [-0.25, -0.2) is 4.79 Å². The molecule has 43 heavy (non-hydrogen) atoms. The lowest BCUT2D eigenvalue weighted by molar-refractivity contribution is -0.148. The van der Waals surface area contributed by atoms with Gasteiger partial charge >= 0.3 is 6.09 Å². The number of phenols is 1. The molecular weight excluding hydrogens is 542 g/mol. The summed E-state index contributed by atoms with van der Waals surface area (Å²) < 4.78 is 5.52. The van der Waals surface area contributed by atoms with Crippen LogP contribution >= 0.6 is 0 Å². The third-order valence-corrected chi connectivity index (χ3v) is 7.08. The highest BCUT2D eigenvalue weighted by Gasteiger charge is 2.42. The summed E-state index contributed by atoms with van der Waals surface area (Å²) in [4.78, 5) is 43.4. The highest BCUT2D eigenvalue weighted by molar-refractivity contribution is 5.93. The Labute approximate surface area is 255 Å². The molecule has 0 saturated heterocycles. The number of phenolic OH excluding ortho intramolecular Hbond substituents is 1. The van der Waals surface area contributed by atoms with Gasteiger partial charge in [0.1, 0.15) is 23.4 Å². The van der Waals surface area contributed by atoms with Crippen LogP contribution in [0.15, 0.2) is 72.8 Å². The van der Waals surface area contributed by atoms with Gasteiger partial charge < -0.3 is 25.4 Å². The van der Waals surface area contributed by atoms with E-state index in [0.717, 1.165) is 22.3 Å². The number of aromatic hydroxyl groups is 1. The number of amides is 3. The smallest absolute Gasteiger partial charge is 0.408 e. The monoisotopic (exact) mass is 587 g/mol. The molecule has 230 valence electrons. The van der Waals surface area contributed by atoms with E-state index >= 15 is 0 Å². The minimum atomic E-state index is -1.06. The molecule has 2 unspecified atom stereocenters. The molecule has 0 radical (unpaired) electrons.